The van der Waals surface area contributed by atoms with Crippen molar-refractivity contribution in [2.45, 2.75) is 45.2 Å². The van der Waals surface area contributed by atoms with E-state index in [-0.39, 0.29) is 24.7 Å². The molecule has 2 atom stereocenters. The Hall–Kier alpha value is -1.79. The molecule has 1 saturated carbocycles. The molecule has 0 spiro atoms. The highest BCUT2D eigenvalue weighted by atomic mass is 16.5. The van der Waals surface area contributed by atoms with Crippen LogP contribution in [-0.4, -0.2) is 53.7 Å². The first-order chi connectivity index (χ1) is 9.35. The van der Waals surface area contributed by atoms with Gasteiger partial charge in [0, 0.05) is 12.1 Å². The third-order valence-corrected chi connectivity index (χ3v) is 3.52. The van der Waals surface area contributed by atoms with Crippen LogP contribution in [0.4, 0.5) is 4.79 Å². The highest BCUT2D eigenvalue weighted by Crippen LogP contribution is 2.25. The summed E-state index contributed by atoms with van der Waals surface area (Å²) < 4.78 is 4.56. The van der Waals surface area contributed by atoms with Crippen LogP contribution in [0.15, 0.2) is 0 Å². The Bertz CT molecular complexity index is 383. The van der Waals surface area contributed by atoms with Crippen molar-refractivity contribution in [3.63, 3.8) is 0 Å². The molecule has 0 aromatic rings. The number of aliphatic carboxylic acids is 1. The number of nitrogens with zero attached hydrogens (tertiary/aromatic N) is 1. The van der Waals surface area contributed by atoms with E-state index in [0.717, 1.165) is 0 Å². The number of methoxy groups -OCH3 is 1. The molecule has 0 saturated heterocycles. The van der Waals surface area contributed by atoms with E-state index in [4.69, 9.17) is 5.11 Å². The van der Waals surface area contributed by atoms with Crippen LogP contribution in [0.25, 0.3) is 0 Å². The molecular weight excluding hydrogens is 264 g/mol. The lowest BCUT2D eigenvalue weighted by Crippen LogP contribution is -2.49. The van der Waals surface area contributed by atoms with Gasteiger partial charge in [-0.3, -0.25) is 9.59 Å². The van der Waals surface area contributed by atoms with Crippen LogP contribution in [0, 0.1) is 5.92 Å². The number of hydrogen-bond donors (Lipinski definition) is 2. The van der Waals surface area contributed by atoms with Crippen molar-refractivity contribution < 1.29 is 24.2 Å². The minimum atomic E-state index is -0.822. The topological polar surface area (TPSA) is 95.9 Å². The molecule has 1 fully saturated rings. The van der Waals surface area contributed by atoms with Gasteiger partial charge in [0.05, 0.1) is 13.0 Å². The monoisotopic (exact) mass is 286 g/mol. The predicted molar refractivity (Wildman–Crippen MR) is 71.2 cm³/mol. The quantitative estimate of drug-likeness (QED) is 0.730. The maximum atomic E-state index is 12.1. The first kappa shape index (κ1) is 16.3. The van der Waals surface area contributed by atoms with Gasteiger partial charge in [0.2, 0.25) is 0 Å². The van der Waals surface area contributed by atoms with Crippen LogP contribution in [0.3, 0.4) is 0 Å². The number of rotatable bonds is 5. The second kappa shape index (κ2) is 7.12. The normalized spacial score (nSPS) is 21.6. The molecule has 0 bridgehead atoms. The number of ether oxygens (including phenoxy) is 1. The standard InChI is InChI=1S/C13H22N2O5/c1-8(2)15(7-11(16)20-3)13(19)14-10-5-4-9(6-10)12(17)18/h8-10H,4-7H2,1-3H3,(H,14,19)(H,17,18)/t9-,10+/m1/s1. The molecule has 7 nitrogen and oxygen atoms in total. The molecule has 114 valence electrons. The number of amides is 2. The zero-order valence-electron chi connectivity index (χ0n) is 12.1. The van der Waals surface area contributed by atoms with Crippen molar-refractivity contribution in [1.29, 1.82) is 0 Å². The van der Waals surface area contributed by atoms with Crippen molar-refractivity contribution in [1.82, 2.24) is 10.2 Å². The summed E-state index contributed by atoms with van der Waals surface area (Å²) in [7, 11) is 1.27. The maximum absolute atomic E-state index is 12.1. The van der Waals surface area contributed by atoms with E-state index < -0.39 is 17.9 Å². The highest BCUT2D eigenvalue weighted by Gasteiger charge is 2.32. The average molecular weight is 286 g/mol. The fourth-order valence-corrected chi connectivity index (χ4v) is 2.29. The van der Waals surface area contributed by atoms with Crippen molar-refractivity contribution >= 4 is 18.0 Å². The first-order valence-corrected chi connectivity index (χ1v) is 6.71. The van der Waals surface area contributed by atoms with Crippen molar-refractivity contribution in [3.05, 3.63) is 0 Å². The lowest BCUT2D eigenvalue weighted by molar-refractivity contribution is -0.142. The van der Waals surface area contributed by atoms with Gasteiger partial charge in [-0.05, 0) is 33.1 Å². The van der Waals surface area contributed by atoms with Gasteiger partial charge < -0.3 is 20.1 Å². The zero-order valence-corrected chi connectivity index (χ0v) is 12.1. The van der Waals surface area contributed by atoms with E-state index in [2.05, 4.69) is 10.1 Å². The van der Waals surface area contributed by atoms with Gasteiger partial charge in [0.1, 0.15) is 6.54 Å². The molecule has 0 heterocycles. The van der Waals surface area contributed by atoms with E-state index >= 15 is 0 Å². The zero-order chi connectivity index (χ0) is 15.3. The molecule has 2 amide bonds. The Morgan fingerprint density at radius 1 is 1.35 bits per heavy atom. The van der Waals surface area contributed by atoms with Gasteiger partial charge in [0.25, 0.3) is 0 Å². The lowest BCUT2D eigenvalue weighted by atomic mass is 10.1. The van der Waals surface area contributed by atoms with E-state index in [9.17, 15) is 14.4 Å². The minimum absolute atomic E-state index is 0.116. The van der Waals surface area contributed by atoms with E-state index in [1.165, 1.54) is 12.0 Å². The van der Waals surface area contributed by atoms with Crippen LogP contribution >= 0.6 is 0 Å². The van der Waals surface area contributed by atoms with Gasteiger partial charge in [-0.1, -0.05) is 0 Å². The van der Waals surface area contributed by atoms with Crippen LogP contribution in [-0.2, 0) is 14.3 Å². The van der Waals surface area contributed by atoms with Crippen LogP contribution in [0.5, 0.6) is 0 Å². The molecule has 20 heavy (non-hydrogen) atoms. The lowest BCUT2D eigenvalue weighted by Gasteiger charge is -2.27. The minimum Gasteiger partial charge on any atom is -0.481 e. The third-order valence-electron chi connectivity index (χ3n) is 3.52. The molecular formula is C13H22N2O5. The number of urea groups is 1. The summed E-state index contributed by atoms with van der Waals surface area (Å²) in [4.78, 5) is 35.7. The molecule has 0 unspecified atom stereocenters. The molecule has 0 radical (unpaired) electrons. The number of esters is 1. The molecule has 1 aliphatic carbocycles. The van der Waals surface area contributed by atoms with Crippen LogP contribution in [0.1, 0.15) is 33.1 Å². The number of carboxylic acid groups (broad SMARTS) is 1. The van der Waals surface area contributed by atoms with Gasteiger partial charge in [-0.25, -0.2) is 4.79 Å². The van der Waals surface area contributed by atoms with Crippen LogP contribution < -0.4 is 5.32 Å². The van der Waals surface area contributed by atoms with Crippen molar-refractivity contribution in [2.75, 3.05) is 13.7 Å². The molecule has 1 rings (SSSR count). The van der Waals surface area contributed by atoms with E-state index in [1.54, 1.807) is 13.8 Å². The smallest absolute Gasteiger partial charge is 0.325 e. The maximum Gasteiger partial charge on any atom is 0.325 e. The summed E-state index contributed by atoms with van der Waals surface area (Å²) in [5, 5.41) is 11.7. The largest absolute Gasteiger partial charge is 0.481 e. The summed E-state index contributed by atoms with van der Waals surface area (Å²) in [5.74, 6) is -1.70. The summed E-state index contributed by atoms with van der Waals surface area (Å²) in [6.45, 7) is 3.49. The molecule has 0 aromatic heterocycles. The Morgan fingerprint density at radius 3 is 2.45 bits per heavy atom. The summed E-state index contributed by atoms with van der Waals surface area (Å²) >= 11 is 0. The Labute approximate surface area is 118 Å². The fraction of sp³-hybridized carbons (Fsp3) is 0.769. The molecule has 7 heteroatoms. The predicted octanol–water partition coefficient (Wildman–Crippen LogP) is 0.833. The second-order valence-electron chi connectivity index (χ2n) is 5.29. The van der Waals surface area contributed by atoms with Crippen LogP contribution in [0.2, 0.25) is 0 Å². The summed E-state index contributed by atoms with van der Waals surface area (Å²) in [6.07, 6.45) is 1.65. The van der Waals surface area contributed by atoms with E-state index in [1.807, 2.05) is 0 Å². The number of carbonyl (C=O) groups excluding carboxylic acids is 2. The highest BCUT2D eigenvalue weighted by molar-refractivity contribution is 5.81. The van der Waals surface area contributed by atoms with Crippen molar-refractivity contribution in [3.8, 4) is 0 Å². The van der Waals surface area contributed by atoms with Gasteiger partial charge in [0.15, 0.2) is 0 Å². The fourth-order valence-electron chi connectivity index (χ4n) is 2.29. The first-order valence-electron chi connectivity index (χ1n) is 6.71. The molecule has 2 N–H and O–H groups in total. The third kappa shape index (κ3) is 4.40. The number of nitrogens with one attached hydrogen (secondary N) is 1. The number of hydrogen-bond acceptors (Lipinski definition) is 4. The second-order valence-corrected chi connectivity index (χ2v) is 5.29. The van der Waals surface area contributed by atoms with E-state index in [0.29, 0.717) is 19.3 Å². The van der Waals surface area contributed by atoms with Gasteiger partial charge >= 0.3 is 18.0 Å². The molecule has 1 aliphatic rings. The summed E-state index contributed by atoms with van der Waals surface area (Å²) in [5.41, 5.74) is 0. The number of carboxylic acids is 1. The van der Waals surface area contributed by atoms with Crippen molar-refractivity contribution in [2.24, 2.45) is 5.92 Å². The SMILES string of the molecule is COC(=O)CN(C(=O)N[C@H]1CC[C@@H](C(=O)O)C1)C(C)C. The Kier molecular flexibility index (Phi) is 5.79. The molecule has 0 aliphatic heterocycles. The number of carbonyl (C=O) groups is 3. The summed E-state index contributed by atoms with van der Waals surface area (Å²) in [6, 6.07) is -0.658. The molecule has 0 aromatic carbocycles. The average Bonchev–Trinajstić information content (AvgIpc) is 2.83. The van der Waals surface area contributed by atoms with Gasteiger partial charge in [-0.15, -0.1) is 0 Å². The Morgan fingerprint density at radius 2 is 2.00 bits per heavy atom. The van der Waals surface area contributed by atoms with Gasteiger partial charge in [-0.2, -0.15) is 0 Å². The Balaban J connectivity index is 2.55.